The standard InChI is InChI=1S/C16H17NO4S2/c1-3-8-21-12-7-5-4-6-11(12)9-13-14(18)17(16(22)23-13)10(2)15(19)20/h4-7,9-10H,3,8H2,1-2H3,(H,19,20)/b13-9-. The second kappa shape index (κ2) is 7.61. The van der Waals surface area contributed by atoms with Crippen LogP contribution in [0.3, 0.4) is 0 Å². The summed E-state index contributed by atoms with van der Waals surface area (Å²) in [5, 5.41) is 9.09. The summed E-state index contributed by atoms with van der Waals surface area (Å²) in [6, 6.07) is 6.41. The van der Waals surface area contributed by atoms with Gasteiger partial charge in [-0.2, -0.15) is 0 Å². The van der Waals surface area contributed by atoms with Gasteiger partial charge >= 0.3 is 5.97 Å². The van der Waals surface area contributed by atoms with Gasteiger partial charge in [-0.3, -0.25) is 9.69 Å². The third-order valence-corrected chi connectivity index (χ3v) is 4.57. The molecule has 1 heterocycles. The zero-order chi connectivity index (χ0) is 17.0. The molecule has 0 radical (unpaired) electrons. The van der Waals surface area contributed by atoms with Crippen molar-refractivity contribution in [3.05, 3.63) is 34.7 Å². The maximum atomic E-state index is 12.4. The Morgan fingerprint density at radius 2 is 2.17 bits per heavy atom. The second-order valence-electron chi connectivity index (χ2n) is 4.95. The van der Waals surface area contributed by atoms with Gasteiger partial charge in [0.05, 0.1) is 11.5 Å². The van der Waals surface area contributed by atoms with E-state index in [1.54, 1.807) is 6.08 Å². The number of thioether (sulfide) groups is 1. The second-order valence-corrected chi connectivity index (χ2v) is 6.63. The molecule has 1 aromatic rings. The molecule has 7 heteroatoms. The molecule has 0 aliphatic carbocycles. The van der Waals surface area contributed by atoms with E-state index in [9.17, 15) is 9.59 Å². The fourth-order valence-corrected chi connectivity index (χ4v) is 3.42. The van der Waals surface area contributed by atoms with E-state index in [2.05, 4.69) is 0 Å². The first-order valence-corrected chi connectivity index (χ1v) is 8.40. The van der Waals surface area contributed by atoms with E-state index in [0.717, 1.165) is 28.6 Å². The van der Waals surface area contributed by atoms with Crippen molar-refractivity contribution in [2.24, 2.45) is 0 Å². The topological polar surface area (TPSA) is 66.8 Å². The van der Waals surface area contributed by atoms with Crippen LogP contribution in [0.25, 0.3) is 6.08 Å². The number of carboxylic acid groups (broad SMARTS) is 1. The molecule has 0 bridgehead atoms. The van der Waals surface area contributed by atoms with Crippen LogP contribution in [0, 0.1) is 0 Å². The van der Waals surface area contributed by atoms with Gasteiger partial charge in [0, 0.05) is 5.56 Å². The van der Waals surface area contributed by atoms with Crippen molar-refractivity contribution in [2.75, 3.05) is 6.61 Å². The van der Waals surface area contributed by atoms with Gasteiger partial charge in [0.25, 0.3) is 5.91 Å². The number of ether oxygens (including phenoxy) is 1. The van der Waals surface area contributed by atoms with Crippen molar-refractivity contribution in [3.63, 3.8) is 0 Å². The fourth-order valence-electron chi connectivity index (χ4n) is 2.01. The minimum Gasteiger partial charge on any atom is -0.493 e. The summed E-state index contributed by atoms with van der Waals surface area (Å²) in [6.45, 7) is 4.04. The largest absolute Gasteiger partial charge is 0.493 e. The van der Waals surface area contributed by atoms with E-state index < -0.39 is 12.0 Å². The van der Waals surface area contributed by atoms with Crippen LogP contribution in [0.1, 0.15) is 25.8 Å². The van der Waals surface area contributed by atoms with Gasteiger partial charge in [-0.15, -0.1) is 0 Å². The first kappa shape index (κ1) is 17.5. The number of carbonyl (C=O) groups is 2. The third kappa shape index (κ3) is 3.92. The molecule has 0 aromatic heterocycles. The Morgan fingerprint density at radius 1 is 1.48 bits per heavy atom. The Hall–Kier alpha value is -1.86. The normalized spacial score (nSPS) is 17.7. The molecule has 1 aliphatic rings. The number of aliphatic carboxylic acids is 1. The molecule has 2 rings (SSSR count). The highest BCUT2D eigenvalue weighted by atomic mass is 32.2. The van der Waals surface area contributed by atoms with E-state index >= 15 is 0 Å². The summed E-state index contributed by atoms with van der Waals surface area (Å²) in [6.07, 6.45) is 2.57. The van der Waals surface area contributed by atoms with E-state index in [0.29, 0.717) is 17.3 Å². The molecule has 1 saturated heterocycles. The number of carboxylic acids is 1. The van der Waals surface area contributed by atoms with E-state index in [1.807, 2.05) is 31.2 Å². The van der Waals surface area contributed by atoms with Gasteiger partial charge in [0.2, 0.25) is 0 Å². The Morgan fingerprint density at radius 3 is 2.83 bits per heavy atom. The van der Waals surface area contributed by atoms with Crippen molar-refractivity contribution >= 4 is 46.3 Å². The maximum Gasteiger partial charge on any atom is 0.326 e. The summed E-state index contributed by atoms with van der Waals surface area (Å²) in [7, 11) is 0. The molecular formula is C16H17NO4S2. The SMILES string of the molecule is CCCOc1ccccc1/C=C1\SC(=S)N(C(C)C(=O)O)C1=O. The zero-order valence-electron chi connectivity index (χ0n) is 12.8. The molecular weight excluding hydrogens is 334 g/mol. The maximum absolute atomic E-state index is 12.4. The van der Waals surface area contributed by atoms with Crippen LogP contribution >= 0.6 is 24.0 Å². The van der Waals surface area contributed by atoms with Crippen molar-refractivity contribution in [1.82, 2.24) is 4.90 Å². The lowest BCUT2D eigenvalue weighted by atomic mass is 10.1. The Kier molecular flexibility index (Phi) is 5.79. The lowest BCUT2D eigenvalue weighted by Crippen LogP contribution is -2.41. The number of amides is 1. The molecule has 5 nitrogen and oxygen atoms in total. The highest BCUT2D eigenvalue weighted by molar-refractivity contribution is 8.26. The number of carbonyl (C=O) groups excluding carboxylic acids is 1. The summed E-state index contributed by atoms with van der Waals surface area (Å²) >= 11 is 6.25. The molecule has 23 heavy (non-hydrogen) atoms. The first-order chi connectivity index (χ1) is 11.0. The number of para-hydroxylation sites is 1. The average Bonchev–Trinajstić information content (AvgIpc) is 2.79. The highest BCUT2D eigenvalue weighted by Gasteiger charge is 2.38. The number of thiocarbonyl (C=S) groups is 1. The number of benzene rings is 1. The molecule has 1 amide bonds. The summed E-state index contributed by atoms with van der Waals surface area (Å²) in [5.74, 6) is -0.791. The number of hydrogen-bond acceptors (Lipinski definition) is 5. The summed E-state index contributed by atoms with van der Waals surface area (Å²) in [4.78, 5) is 25.1. The number of nitrogens with zero attached hydrogens (tertiary/aromatic N) is 1. The van der Waals surface area contributed by atoms with Crippen molar-refractivity contribution < 1.29 is 19.4 Å². The smallest absolute Gasteiger partial charge is 0.326 e. The number of rotatable bonds is 6. The molecule has 1 aromatic carbocycles. The molecule has 1 atom stereocenters. The number of hydrogen-bond donors (Lipinski definition) is 1. The highest BCUT2D eigenvalue weighted by Crippen LogP contribution is 2.35. The van der Waals surface area contributed by atoms with Crippen molar-refractivity contribution in [3.8, 4) is 5.75 Å². The van der Waals surface area contributed by atoms with Gasteiger partial charge in [0.1, 0.15) is 16.1 Å². The zero-order valence-corrected chi connectivity index (χ0v) is 14.4. The van der Waals surface area contributed by atoms with Crippen LogP contribution in [0.2, 0.25) is 0 Å². The van der Waals surface area contributed by atoms with Crippen LogP contribution in [0.5, 0.6) is 5.75 Å². The Labute approximate surface area is 144 Å². The summed E-state index contributed by atoms with van der Waals surface area (Å²) in [5.41, 5.74) is 0.768. The van der Waals surface area contributed by atoms with E-state index in [1.165, 1.54) is 6.92 Å². The molecule has 0 saturated carbocycles. The van der Waals surface area contributed by atoms with E-state index in [-0.39, 0.29) is 10.2 Å². The summed E-state index contributed by atoms with van der Waals surface area (Å²) < 4.78 is 5.92. The molecule has 1 N–H and O–H groups in total. The molecule has 1 unspecified atom stereocenters. The molecule has 0 spiro atoms. The van der Waals surface area contributed by atoms with E-state index in [4.69, 9.17) is 22.1 Å². The van der Waals surface area contributed by atoms with Gasteiger partial charge < -0.3 is 9.84 Å². The van der Waals surface area contributed by atoms with Crippen LogP contribution in [-0.4, -0.2) is 38.9 Å². The van der Waals surface area contributed by atoms with Gasteiger partial charge in [-0.1, -0.05) is 49.1 Å². The van der Waals surface area contributed by atoms with Gasteiger partial charge in [-0.25, -0.2) is 4.79 Å². The van der Waals surface area contributed by atoms with Gasteiger partial charge in [0.15, 0.2) is 0 Å². The van der Waals surface area contributed by atoms with Gasteiger partial charge in [-0.05, 0) is 25.5 Å². The Balaban J connectivity index is 2.29. The third-order valence-electron chi connectivity index (χ3n) is 3.24. The quantitative estimate of drug-likeness (QED) is 0.627. The predicted octanol–water partition coefficient (Wildman–Crippen LogP) is 3.15. The van der Waals surface area contributed by atoms with Crippen LogP contribution in [0.4, 0.5) is 0 Å². The lowest BCUT2D eigenvalue weighted by molar-refractivity contribution is -0.144. The van der Waals surface area contributed by atoms with Crippen LogP contribution < -0.4 is 4.74 Å². The monoisotopic (exact) mass is 351 g/mol. The minimum absolute atomic E-state index is 0.253. The minimum atomic E-state index is -1.09. The van der Waals surface area contributed by atoms with Crippen LogP contribution in [-0.2, 0) is 9.59 Å². The first-order valence-electron chi connectivity index (χ1n) is 7.17. The van der Waals surface area contributed by atoms with Crippen molar-refractivity contribution in [2.45, 2.75) is 26.3 Å². The lowest BCUT2D eigenvalue weighted by Gasteiger charge is -2.18. The predicted molar refractivity (Wildman–Crippen MR) is 94.3 cm³/mol. The molecule has 1 aliphatic heterocycles. The van der Waals surface area contributed by atoms with Crippen molar-refractivity contribution in [1.29, 1.82) is 0 Å². The van der Waals surface area contributed by atoms with Crippen LogP contribution in [0.15, 0.2) is 29.2 Å². The average molecular weight is 351 g/mol. The fraction of sp³-hybridized carbons (Fsp3) is 0.312. The molecule has 122 valence electrons. The molecule has 1 fully saturated rings. The Bertz CT molecular complexity index is 672.